The van der Waals surface area contributed by atoms with Gasteiger partial charge in [-0.15, -0.1) is 0 Å². The molecule has 0 saturated carbocycles. The third-order valence-electron chi connectivity index (χ3n) is 6.87. The third kappa shape index (κ3) is 9.28. The number of alkyl halides is 1. The number of carbonyl (C=O) groups is 2. The van der Waals surface area contributed by atoms with Crippen molar-refractivity contribution in [3.8, 4) is 17.6 Å². The smallest absolute Gasteiger partial charge is 0.415 e. The first-order chi connectivity index (χ1) is 21.8. The van der Waals surface area contributed by atoms with Gasteiger partial charge in [0.2, 0.25) is 0 Å². The van der Waals surface area contributed by atoms with Gasteiger partial charge in [0.05, 0.1) is 42.5 Å². The number of piperidine rings is 1. The summed E-state index contributed by atoms with van der Waals surface area (Å²) in [6.07, 6.45) is -1.18. The first-order valence-electron chi connectivity index (χ1n) is 15.0. The summed E-state index contributed by atoms with van der Waals surface area (Å²) >= 11 is 0. The Morgan fingerprint density at radius 2 is 1.83 bits per heavy atom. The number of rotatable bonds is 6. The van der Waals surface area contributed by atoms with E-state index in [1.165, 1.54) is 35.1 Å². The molecule has 2 heterocycles. The van der Waals surface area contributed by atoms with Crippen LogP contribution in [0.4, 0.5) is 25.4 Å². The van der Waals surface area contributed by atoms with Crippen LogP contribution in [0.2, 0.25) is 0 Å². The first-order valence-corrected chi connectivity index (χ1v) is 16.9. The Morgan fingerprint density at radius 1 is 1.13 bits per heavy atom. The highest BCUT2D eigenvalue weighted by atomic mass is 32.2. The average molecular weight is 673 g/mol. The molecule has 2 atom stereocenters. The Morgan fingerprint density at radius 3 is 2.45 bits per heavy atom. The number of amides is 2. The first kappa shape index (κ1) is 35.3. The zero-order chi connectivity index (χ0) is 34.7. The zero-order valence-corrected chi connectivity index (χ0v) is 28.7. The molecule has 14 heteroatoms. The van der Waals surface area contributed by atoms with Gasteiger partial charge in [0.1, 0.15) is 28.6 Å². The van der Waals surface area contributed by atoms with E-state index in [9.17, 15) is 18.0 Å². The lowest BCUT2D eigenvalue weighted by atomic mass is 10.0. The number of halogens is 1. The largest absolute Gasteiger partial charge is 0.495 e. The summed E-state index contributed by atoms with van der Waals surface area (Å²) in [4.78, 5) is 32.8. The highest BCUT2D eigenvalue weighted by Gasteiger charge is 2.34. The molecule has 1 N–H and O–H groups in total. The number of ether oxygens (including phenoxy) is 3. The molecule has 1 saturated heterocycles. The number of hydrogen-bond acceptors (Lipinski definition) is 10. The molecule has 1 aliphatic heterocycles. The fourth-order valence-corrected chi connectivity index (χ4v) is 5.39. The van der Waals surface area contributed by atoms with Gasteiger partial charge in [-0.2, -0.15) is 4.98 Å². The Balaban J connectivity index is 1.54. The predicted molar refractivity (Wildman–Crippen MR) is 175 cm³/mol. The van der Waals surface area contributed by atoms with Crippen LogP contribution in [0.25, 0.3) is 11.1 Å². The standard InChI is InChI=1S/C33H41FN4O8S/c1-32(2,3)45-30(39)37-18-16-23(22(34)20-37)35-24-11-9-12-26-29(24)36-28(44-26)13-10-17-38(31(40)46-33(4,5)6)25-15-14-21(47(8,41)42)19-27(25)43-7/h9,11-12,14-15,19,22-23,35H,16-18,20H2,1-8H3/t22-,23+/m0/s1. The van der Waals surface area contributed by atoms with Crippen LogP contribution < -0.4 is 15.0 Å². The van der Waals surface area contributed by atoms with Crippen molar-refractivity contribution in [3.63, 3.8) is 0 Å². The van der Waals surface area contributed by atoms with E-state index >= 15 is 4.39 Å². The second-order valence-electron chi connectivity index (χ2n) is 13.1. The molecule has 2 amide bonds. The molecular formula is C33H41FN4O8S. The number of para-hydroxylation sites is 1. The predicted octanol–water partition coefficient (Wildman–Crippen LogP) is 5.79. The van der Waals surface area contributed by atoms with Crippen molar-refractivity contribution < 1.29 is 41.0 Å². The minimum absolute atomic E-state index is 0.0249. The maximum atomic E-state index is 15.2. The molecule has 47 heavy (non-hydrogen) atoms. The lowest BCUT2D eigenvalue weighted by molar-refractivity contribution is 0.0125. The number of anilines is 2. The van der Waals surface area contributed by atoms with Crippen LogP contribution in [-0.4, -0.2) is 86.9 Å². The molecule has 0 radical (unpaired) electrons. The molecule has 0 bridgehead atoms. The van der Waals surface area contributed by atoms with E-state index in [2.05, 4.69) is 22.1 Å². The van der Waals surface area contributed by atoms with Gasteiger partial charge >= 0.3 is 12.2 Å². The molecule has 4 rings (SSSR count). The summed E-state index contributed by atoms with van der Waals surface area (Å²) in [5.74, 6) is 5.91. The van der Waals surface area contributed by atoms with E-state index < -0.39 is 45.4 Å². The minimum Gasteiger partial charge on any atom is -0.495 e. The summed E-state index contributed by atoms with van der Waals surface area (Å²) in [7, 11) is -2.17. The van der Waals surface area contributed by atoms with Crippen molar-refractivity contribution in [2.45, 2.75) is 76.3 Å². The van der Waals surface area contributed by atoms with Gasteiger partial charge in [0.25, 0.3) is 5.89 Å². The van der Waals surface area contributed by atoms with Crippen molar-refractivity contribution in [3.05, 3.63) is 42.3 Å². The quantitative estimate of drug-likeness (QED) is 0.320. The Bertz CT molecular complexity index is 1800. The van der Waals surface area contributed by atoms with E-state index in [-0.39, 0.29) is 35.3 Å². The minimum atomic E-state index is -3.53. The van der Waals surface area contributed by atoms with Crippen LogP contribution in [0.15, 0.2) is 45.7 Å². The topological polar surface area (TPSA) is 141 Å². The van der Waals surface area contributed by atoms with Crippen molar-refractivity contribution in [2.24, 2.45) is 0 Å². The highest BCUT2D eigenvalue weighted by molar-refractivity contribution is 7.90. The van der Waals surface area contributed by atoms with Crippen molar-refractivity contribution in [1.29, 1.82) is 0 Å². The Labute approximate surface area is 274 Å². The van der Waals surface area contributed by atoms with Crippen LogP contribution in [-0.2, 0) is 19.3 Å². The second-order valence-corrected chi connectivity index (χ2v) is 15.1. The summed E-state index contributed by atoms with van der Waals surface area (Å²) in [6, 6.07) is 8.78. The van der Waals surface area contributed by atoms with Crippen molar-refractivity contribution >= 4 is 44.5 Å². The number of nitrogens with zero attached hydrogens (tertiary/aromatic N) is 3. The third-order valence-corrected chi connectivity index (χ3v) is 7.98. The Hall–Kier alpha value is -4.51. The SMILES string of the molecule is COc1cc(S(C)(=O)=O)ccc1N(CC#Cc1nc2c(N[C@@H]3CCN(C(=O)OC(C)(C)C)C[C@@H]3F)cccc2o1)C(=O)OC(C)(C)C. The van der Waals surface area contributed by atoms with E-state index in [4.69, 9.17) is 18.6 Å². The number of likely N-dealkylation sites (tertiary alicyclic amines) is 1. The van der Waals surface area contributed by atoms with Crippen LogP contribution in [0, 0.1) is 11.8 Å². The normalized spacial score (nSPS) is 17.0. The molecule has 1 aliphatic rings. The van der Waals surface area contributed by atoms with Crippen molar-refractivity contribution in [2.75, 3.05) is 43.2 Å². The van der Waals surface area contributed by atoms with Gasteiger partial charge in [0.15, 0.2) is 15.4 Å². The fourth-order valence-electron chi connectivity index (χ4n) is 4.75. The van der Waals surface area contributed by atoms with Crippen LogP contribution in [0.5, 0.6) is 5.75 Å². The highest BCUT2D eigenvalue weighted by Crippen LogP contribution is 2.32. The zero-order valence-electron chi connectivity index (χ0n) is 27.8. The summed E-state index contributed by atoms with van der Waals surface area (Å²) in [5, 5.41) is 3.20. The average Bonchev–Trinajstić information content (AvgIpc) is 3.37. The number of aromatic nitrogens is 1. The maximum Gasteiger partial charge on any atom is 0.415 e. The fraction of sp³-hybridized carbons (Fsp3) is 0.485. The molecule has 3 aromatic rings. The molecule has 2 aromatic carbocycles. The van der Waals surface area contributed by atoms with Crippen LogP contribution in [0.1, 0.15) is 53.9 Å². The second kappa shape index (κ2) is 13.7. The molecule has 0 unspecified atom stereocenters. The Kier molecular flexibility index (Phi) is 10.3. The number of benzene rings is 2. The maximum absolute atomic E-state index is 15.2. The molecular weight excluding hydrogens is 631 g/mol. The van der Waals surface area contributed by atoms with Gasteiger partial charge in [-0.05, 0) is 78.1 Å². The summed E-state index contributed by atoms with van der Waals surface area (Å²) < 4.78 is 61.6. The number of oxazole rings is 1. The van der Waals surface area contributed by atoms with Gasteiger partial charge < -0.3 is 28.8 Å². The molecule has 12 nitrogen and oxygen atoms in total. The van der Waals surface area contributed by atoms with Gasteiger partial charge in [-0.1, -0.05) is 12.0 Å². The number of fused-ring (bicyclic) bond motifs is 1. The van der Waals surface area contributed by atoms with Crippen molar-refractivity contribution in [1.82, 2.24) is 9.88 Å². The monoisotopic (exact) mass is 672 g/mol. The van der Waals surface area contributed by atoms with E-state index in [0.717, 1.165) is 6.26 Å². The number of methoxy groups -OCH3 is 1. The molecule has 1 aromatic heterocycles. The lowest BCUT2D eigenvalue weighted by Crippen LogP contribution is -2.51. The van der Waals surface area contributed by atoms with Gasteiger partial charge in [0, 0.05) is 18.9 Å². The number of nitrogens with one attached hydrogen (secondary N) is 1. The molecule has 0 spiro atoms. The molecule has 254 valence electrons. The van der Waals surface area contributed by atoms with Crippen LogP contribution >= 0.6 is 0 Å². The number of carbonyl (C=O) groups excluding carboxylic acids is 2. The molecule has 0 aliphatic carbocycles. The van der Waals surface area contributed by atoms with Gasteiger partial charge in [-0.25, -0.2) is 22.4 Å². The summed E-state index contributed by atoms with van der Waals surface area (Å²) in [5.41, 5.74) is 0.170. The number of sulfone groups is 1. The van der Waals surface area contributed by atoms with Gasteiger partial charge in [-0.3, -0.25) is 4.90 Å². The van der Waals surface area contributed by atoms with E-state index in [1.54, 1.807) is 59.7 Å². The lowest BCUT2D eigenvalue weighted by Gasteiger charge is -2.36. The number of hydrogen-bond donors (Lipinski definition) is 1. The van der Waals surface area contributed by atoms with E-state index in [0.29, 0.717) is 29.8 Å². The molecule has 1 fully saturated rings. The summed E-state index contributed by atoms with van der Waals surface area (Å²) in [6.45, 7) is 10.5. The van der Waals surface area contributed by atoms with E-state index in [1.807, 2.05) is 0 Å². The van der Waals surface area contributed by atoms with Crippen LogP contribution in [0.3, 0.4) is 0 Å².